The van der Waals surface area contributed by atoms with Crippen LogP contribution in [-0.2, 0) is 23.9 Å². The number of hydrogen-bond donors (Lipinski definition) is 0. The zero-order valence-electron chi connectivity index (χ0n) is 15.0. The Kier molecular flexibility index (Phi) is 4.60. The molecule has 0 N–H and O–H groups in total. The number of ketones is 1. The van der Waals surface area contributed by atoms with Crippen LogP contribution < -0.4 is 0 Å². The molecule has 0 spiro atoms. The number of Topliss-reactive ketones (excluding diaryl/α,β-unsaturated/α-hetero) is 1. The standard InChI is InChI=1S/C18H23F3O5/c1-17(2,3)5-4-11(23)25-14-8-6-9-13(16(24)26-15(9)14)12(8)10(22)7-18(19,20)21/h8-9,12-15H,4-7H2,1-3H3. The number of carbonyl (C=O) groups excluding carboxylic acids is 3. The number of ether oxygens (including phenoxy) is 2. The highest BCUT2D eigenvalue weighted by molar-refractivity contribution is 5.90. The van der Waals surface area contributed by atoms with E-state index in [2.05, 4.69) is 0 Å². The van der Waals surface area contributed by atoms with Crippen molar-refractivity contribution in [1.82, 2.24) is 0 Å². The number of halogens is 3. The van der Waals surface area contributed by atoms with E-state index in [4.69, 9.17) is 9.47 Å². The Balaban J connectivity index is 1.72. The number of hydrogen-bond acceptors (Lipinski definition) is 5. The molecule has 26 heavy (non-hydrogen) atoms. The van der Waals surface area contributed by atoms with Crippen molar-refractivity contribution >= 4 is 17.7 Å². The van der Waals surface area contributed by atoms with Gasteiger partial charge in [-0.15, -0.1) is 0 Å². The minimum Gasteiger partial charge on any atom is -0.458 e. The highest BCUT2D eigenvalue weighted by Crippen LogP contribution is 2.59. The summed E-state index contributed by atoms with van der Waals surface area (Å²) in [6, 6.07) is 0. The normalized spacial score (nSPS) is 35.5. The molecule has 146 valence electrons. The van der Waals surface area contributed by atoms with Crippen molar-refractivity contribution in [1.29, 1.82) is 0 Å². The van der Waals surface area contributed by atoms with Crippen LogP contribution in [0.3, 0.4) is 0 Å². The summed E-state index contributed by atoms with van der Waals surface area (Å²) >= 11 is 0. The zero-order valence-corrected chi connectivity index (χ0v) is 15.0. The van der Waals surface area contributed by atoms with Gasteiger partial charge in [0.1, 0.15) is 24.4 Å². The van der Waals surface area contributed by atoms with E-state index in [9.17, 15) is 27.6 Å². The molecule has 8 heteroatoms. The number of fused-ring (bicyclic) bond motifs is 1. The molecule has 0 aromatic heterocycles. The molecule has 6 unspecified atom stereocenters. The first-order chi connectivity index (χ1) is 11.9. The maximum atomic E-state index is 12.6. The third-order valence-electron chi connectivity index (χ3n) is 5.64. The molecule has 2 bridgehead atoms. The summed E-state index contributed by atoms with van der Waals surface area (Å²) in [4.78, 5) is 36.4. The van der Waals surface area contributed by atoms with E-state index < -0.39 is 60.3 Å². The molecule has 1 saturated heterocycles. The largest absolute Gasteiger partial charge is 0.458 e. The van der Waals surface area contributed by atoms with E-state index in [1.54, 1.807) is 0 Å². The van der Waals surface area contributed by atoms with E-state index in [0.717, 1.165) is 0 Å². The Labute approximate surface area is 149 Å². The summed E-state index contributed by atoms with van der Waals surface area (Å²) in [6.07, 6.45) is -6.51. The monoisotopic (exact) mass is 376 g/mol. The van der Waals surface area contributed by atoms with Gasteiger partial charge in [-0.2, -0.15) is 13.2 Å². The van der Waals surface area contributed by atoms with Crippen molar-refractivity contribution < 1.29 is 37.0 Å². The maximum absolute atomic E-state index is 12.6. The molecule has 0 aromatic carbocycles. The van der Waals surface area contributed by atoms with E-state index in [0.29, 0.717) is 12.8 Å². The molecule has 3 fully saturated rings. The Bertz CT molecular complexity index is 621. The SMILES string of the molecule is CC(C)(C)CCC(=O)OC1C2CC3C1OC(=O)C3C2C(=O)CC(F)(F)F. The van der Waals surface area contributed by atoms with Gasteiger partial charge < -0.3 is 9.47 Å². The topological polar surface area (TPSA) is 69.7 Å². The van der Waals surface area contributed by atoms with Crippen LogP contribution in [0.5, 0.6) is 0 Å². The van der Waals surface area contributed by atoms with Crippen molar-refractivity contribution in [3.8, 4) is 0 Å². The van der Waals surface area contributed by atoms with E-state index in [1.165, 1.54) is 0 Å². The number of rotatable bonds is 5. The second-order valence-corrected chi connectivity index (χ2v) is 8.79. The van der Waals surface area contributed by atoms with Gasteiger partial charge in [0.15, 0.2) is 0 Å². The Morgan fingerprint density at radius 1 is 1.19 bits per heavy atom. The number of alkyl halides is 3. The van der Waals surface area contributed by atoms with Crippen LogP contribution in [0.2, 0.25) is 0 Å². The smallest absolute Gasteiger partial charge is 0.395 e. The summed E-state index contributed by atoms with van der Waals surface area (Å²) < 4.78 is 48.7. The summed E-state index contributed by atoms with van der Waals surface area (Å²) in [5, 5.41) is 0. The molecule has 0 aromatic rings. The highest BCUT2D eigenvalue weighted by Gasteiger charge is 2.69. The average molecular weight is 376 g/mol. The van der Waals surface area contributed by atoms with E-state index >= 15 is 0 Å². The van der Waals surface area contributed by atoms with Crippen LogP contribution in [0.1, 0.15) is 46.5 Å². The third kappa shape index (κ3) is 3.60. The van der Waals surface area contributed by atoms with Gasteiger partial charge in [0.05, 0.1) is 5.92 Å². The molecule has 2 saturated carbocycles. The van der Waals surface area contributed by atoms with Crippen molar-refractivity contribution in [2.45, 2.75) is 64.8 Å². The van der Waals surface area contributed by atoms with Crippen LogP contribution in [-0.4, -0.2) is 36.1 Å². The average Bonchev–Trinajstić information content (AvgIpc) is 3.05. The van der Waals surface area contributed by atoms with Gasteiger partial charge in [0.25, 0.3) is 0 Å². The fourth-order valence-corrected chi connectivity index (χ4v) is 4.59. The number of carbonyl (C=O) groups is 3. The van der Waals surface area contributed by atoms with Gasteiger partial charge in [-0.1, -0.05) is 20.8 Å². The van der Waals surface area contributed by atoms with E-state index in [-0.39, 0.29) is 17.8 Å². The lowest BCUT2D eigenvalue weighted by Crippen LogP contribution is -2.44. The molecule has 1 heterocycles. The van der Waals surface area contributed by atoms with Crippen molar-refractivity contribution in [3.63, 3.8) is 0 Å². The molecular formula is C18H23F3O5. The second kappa shape index (κ2) is 6.23. The summed E-state index contributed by atoms with van der Waals surface area (Å²) in [5.41, 5.74) is -0.0656. The molecule has 2 aliphatic carbocycles. The van der Waals surface area contributed by atoms with Crippen molar-refractivity contribution in [2.75, 3.05) is 0 Å². The van der Waals surface area contributed by atoms with Crippen LogP contribution >= 0.6 is 0 Å². The molecule has 3 rings (SSSR count). The molecule has 5 nitrogen and oxygen atoms in total. The Morgan fingerprint density at radius 3 is 2.42 bits per heavy atom. The van der Waals surface area contributed by atoms with Gasteiger partial charge in [-0.25, -0.2) is 0 Å². The van der Waals surface area contributed by atoms with Gasteiger partial charge in [0, 0.05) is 24.2 Å². The molecule has 0 amide bonds. The zero-order chi connectivity index (χ0) is 19.4. The molecule has 0 radical (unpaired) electrons. The minimum atomic E-state index is -4.63. The molecular weight excluding hydrogens is 353 g/mol. The molecule has 3 aliphatic rings. The summed E-state index contributed by atoms with van der Waals surface area (Å²) in [7, 11) is 0. The second-order valence-electron chi connectivity index (χ2n) is 8.79. The van der Waals surface area contributed by atoms with Crippen molar-refractivity contribution in [2.24, 2.45) is 29.1 Å². The lowest BCUT2D eigenvalue weighted by Gasteiger charge is -2.31. The van der Waals surface area contributed by atoms with Crippen LogP contribution in [0.15, 0.2) is 0 Å². The first-order valence-electron chi connectivity index (χ1n) is 8.87. The molecule has 6 atom stereocenters. The summed E-state index contributed by atoms with van der Waals surface area (Å²) in [6.45, 7) is 5.94. The minimum absolute atomic E-state index is 0.0656. The first-order valence-corrected chi connectivity index (χ1v) is 8.87. The summed E-state index contributed by atoms with van der Waals surface area (Å²) in [5.74, 6) is -4.94. The van der Waals surface area contributed by atoms with Gasteiger partial charge in [-0.3, -0.25) is 14.4 Å². The third-order valence-corrected chi connectivity index (χ3v) is 5.64. The van der Waals surface area contributed by atoms with Crippen LogP contribution in [0, 0.1) is 29.1 Å². The Hall–Kier alpha value is -1.60. The Morgan fingerprint density at radius 2 is 1.85 bits per heavy atom. The lowest BCUT2D eigenvalue weighted by atomic mass is 9.75. The number of esters is 2. The van der Waals surface area contributed by atoms with Crippen LogP contribution in [0.4, 0.5) is 13.2 Å². The maximum Gasteiger partial charge on any atom is 0.395 e. The predicted molar refractivity (Wildman–Crippen MR) is 82.7 cm³/mol. The highest BCUT2D eigenvalue weighted by atomic mass is 19.4. The first kappa shape index (κ1) is 19.2. The lowest BCUT2D eigenvalue weighted by molar-refractivity contribution is -0.166. The van der Waals surface area contributed by atoms with E-state index in [1.807, 2.05) is 20.8 Å². The molecule has 1 aliphatic heterocycles. The van der Waals surface area contributed by atoms with Crippen molar-refractivity contribution in [3.05, 3.63) is 0 Å². The van der Waals surface area contributed by atoms with Crippen LogP contribution in [0.25, 0.3) is 0 Å². The van der Waals surface area contributed by atoms with Gasteiger partial charge in [0.2, 0.25) is 0 Å². The predicted octanol–water partition coefficient (Wildman–Crippen LogP) is 3.05. The van der Waals surface area contributed by atoms with Gasteiger partial charge in [-0.05, 0) is 18.3 Å². The van der Waals surface area contributed by atoms with Gasteiger partial charge >= 0.3 is 18.1 Å². The fourth-order valence-electron chi connectivity index (χ4n) is 4.59. The quantitative estimate of drug-likeness (QED) is 0.690. The fraction of sp³-hybridized carbons (Fsp3) is 0.833.